The molecule has 0 unspecified atom stereocenters. The highest BCUT2D eigenvalue weighted by atomic mass is 14.7. The van der Waals surface area contributed by atoms with E-state index < -0.39 is 0 Å². The second-order valence-corrected chi connectivity index (χ2v) is 3.50. The molecule has 0 saturated carbocycles. The molecule has 70 valence electrons. The van der Waals surface area contributed by atoms with E-state index in [9.17, 15) is 0 Å². The van der Waals surface area contributed by atoms with E-state index >= 15 is 0 Å². The Labute approximate surface area is 84.4 Å². The third kappa shape index (κ3) is 1.82. The minimum atomic E-state index is 1.07. The van der Waals surface area contributed by atoms with Crippen LogP contribution in [0.25, 0.3) is 11.1 Å². The van der Waals surface area contributed by atoms with E-state index in [1.54, 1.807) is 0 Å². The van der Waals surface area contributed by atoms with Crippen LogP contribution in [0.15, 0.2) is 42.5 Å². The molecule has 0 fully saturated rings. The molecule has 2 rings (SSSR count). The third-order valence-electron chi connectivity index (χ3n) is 2.19. The number of aromatic nitrogens is 1. The minimum Gasteiger partial charge on any atom is -0.258 e. The van der Waals surface area contributed by atoms with E-state index in [1.165, 1.54) is 11.1 Å². The van der Waals surface area contributed by atoms with Crippen LogP contribution in [-0.2, 0) is 0 Å². The Kier molecular flexibility index (Phi) is 2.32. The molecule has 14 heavy (non-hydrogen) atoms. The van der Waals surface area contributed by atoms with Gasteiger partial charge < -0.3 is 0 Å². The zero-order valence-corrected chi connectivity index (χ0v) is 8.49. The molecule has 1 aromatic heterocycles. The number of rotatable bonds is 1. The molecular weight excluding hydrogens is 170 g/mol. The molecule has 0 bridgehead atoms. The summed E-state index contributed by atoms with van der Waals surface area (Å²) in [5.41, 5.74) is 4.64. The van der Waals surface area contributed by atoms with E-state index in [0.29, 0.717) is 0 Å². The van der Waals surface area contributed by atoms with Gasteiger partial charge in [0.15, 0.2) is 0 Å². The summed E-state index contributed by atoms with van der Waals surface area (Å²) in [6.07, 6.45) is 0. The van der Waals surface area contributed by atoms with Crippen molar-refractivity contribution in [3.8, 4) is 11.1 Å². The fraction of sp³-hybridized carbons (Fsp3) is 0.154. The van der Waals surface area contributed by atoms with E-state index in [1.807, 2.05) is 19.9 Å². The van der Waals surface area contributed by atoms with Gasteiger partial charge >= 0.3 is 0 Å². The molecule has 0 aliphatic carbocycles. The monoisotopic (exact) mass is 183 g/mol. The molecule has 0 atom stereocenters. The van der Waals surface area contributed by atoms with Gasteiger partial charge in [0, 0.05) is 11.4 Å². The molecule has 1 heteroatoms. The highest BCUT2D eigenvalue weighted by Crippen LogP contribution is 2.19. The molecule has 0 saturated heterocycles. The van der Waals surface area contributed by atoms with Crippen molar-refractivity contribution in [2.45, 2.75) is 13.8 Å². The van der Waals surface area contributed by atoms with Crippen molar-refractivity contribution in [2.75, 3.05) is 0 Å². The van der Waals surface area contributed by atoms with E-state index in [0.717, 1.165) is 11.4 Å². The smallest absolute Gasteiger partial charge is 0.0382 e. The highest BCUT2D eigenvalue weighted by Gasteiger charge is 1.98. The predicted octanol–water partition coefficient (Wildman–Crippen LogP) is 3.37. The Morgan fingerprint density at radius 1 is 0.786 bits per heavy atom. The van der Waals surface area contributed by atoms with E-state index in [-0.39, 0.29) is 0 Å². The molecule has 0 aliphatic rings. The quantitative estimate of drug-likeness (QED) is 0.660. The van der Waals surface area contributed by atoms with Crippen molar-refractivity contribution in [1.29, 1.82) is 0 Å². The van der Waals surface area contributed by atoms with E-state index in [4.69, 9.17) is 0 Å². The first kappa shape index (κ1) is 8.95. The Balaban J connectivity index is 2.52. The average molecular weight is 183 g/mol. The molecule has 0 amide bonds. The van der Waals surface area contributed by atoms with Crippen LogP contribution in [0.3, 0.4) is 0 Å². The molecular formula is C13H13N. The molecule has 0 N–H and O–H groups in total. The van der Waals surface area contributed by atoms with Crippen LogP contribution >= 0.6 is 0 Å². The van der Waals surface area contributed by atoms with Gasteiger partial charge in [-0.3, -0.25) is 4.98 Å². The van der Waals surface area contributed by atoms with Gasteiger partial charge in [-0.2, -0.15) is 0 Å². The molecule has 0 spiro atoms. The normalized spacial score (nSPS) is 10.1. The number of hydrogen-bond acceptors (Lipinski definition) is 1. The Hall–Kier alpha value is -1.63. The molecule has 0 radical (unpaired) electrons. The number of benzene rings is 1. The lowest BCUT2D eigenvalue weighted by Crippen LogP contribution is -1.87. The summed E-state index contributed by atoms with van der Waals surface area (Å²) < 4.78 is 0. The first-order valence-corrected chi connectivity index (χ1v) is 4.76. The Morgan fingerprint density at radius 2 is 1.36 bits per heavy atom. The summed E-state index contributed by atoms with van der Waals surface area (Å²) in [4.78, 5) is 4.36. The lowest BCUT2D eigenvalue weighted by atomic mass is 10.1. The SMILES string of the molecule is Cc1cc(-c2ccccc2)cc(C)n1. The molecule has 0 aliphatic heterocycles. The van der Waals surface area contributed by atoms with Gasteiger partial charge in [0.05, 0.1) is 0 Å². The van der Waals surface area contributed by atoms with Crippen LogP contribution in [0.2, 0.25) is 0 Å². The first-order chi connectivity index (χ1) is 6.75. The maximum Gasteiger partial charge on any atom is 0.0382 e. The van der Waals surface area contributed by atoms with Crippen molar-refractivity contribution in [3.63, 3.8) is 0 Å². The Morgan fingerprint density at radius 3 is 1.93 bits per heavy atom. The fourth-order valence-electron chi connectivity index (χ4n) is 1.63. The van der Waals surface area contributed by atoms with Crippen LogP contribution < -0.4 is 0 Å². The van der Waals surface area contributed by atoms with E-state index in [2.05, 4.69) is 41.4 Å². The molecule has 1 aromatic carbocycles. The second-order valence-electron chi connectivity index (χ2n) is 3.50. The summed E-state index contributed by atoms with van der Waals surface area (Å²) in [6, 6.07) is 14.6. The lowest BCUT2D eigenvalue weighted by Gasteiger charge is -2.03. The zero-order valence-electron chi connectivity index (χ0n) is 8.49. The van der Waals surface area contributed by atoms with Gasteiger partial charge in [0.25, 0.3) is 0 Å². The van der Waals surface area contributed by atoms with Gasteiger partial charge in [-0.1, -0.05) is 30.3 Å². The summed E-state index contributed by atoms with van der Waals surface area (Å²) in [7, 11) is 0. The lowest BCUT2D eigenvalue weighted by molar-refractivity contribution is 1.12. The minimum absolute atomic E-state index is 1.07. The molecule has 2 aromatic rings. The number of nitrogens with zero attached hydrogens (tertiary/aromatic N) is 1. The van der Waals surface area contributed by atoms with Crippen molar-refractivity contribution in [1.82, 2.24) is 4.98 Å². The predicted molar refractivity (Wildman–Crippen MR) is 59.1 cm³/mol. The fourth-order valence-corrected chi connectivity index (χ4v) is 1.63. The average Bonchev–Trinajstić information content (AvgIpc) is 2.18. The van der Waals surface area contributed by atoms with Gasteiger partial charge in [-0.25, -0.2) is 0 Å². The summed E-state index contributed by atoms with van der Waals surface area (Å²) in [5, 5.41) is 0. The highest BCUT2D eigenvalue weighted by molar-refractivity contribution is 5.63. The molecule has 1 heterocycles. The van der Waals surface area contributed by atoms with Crippen LogP contribution in [-0.4, -0.2) is 4.98 Å². The molecule has 1 nitrogen and oxygen atoms in total. The maximum absolute atomic E-state index is 4.36. The van der Waals surface area contributed by atoms with Gasteiger partial charge in [0.1, 0.15) is 0 Å². The Bertz CT molecular complexity index is 412. The number of hydrogen-bond donors (Lipinski definition) is 0. The second kappa shape index (κ2) is 3.62. The van der Waals surface area contributed by atoms with Gasteiger partial charge in [-0.15, -0.1) is 0 Å². The van der Waals surface area contributed by atoms with Crippen molar-refractivity contribution < 1.29 is 0 Å². The van der Waals surface area contributed by atoms with Crippen LogP contribution in [0.1, 0.15) is 11.4 Å². The van der Waals surface area contributed by atoms with Crippen LogP contribution in [0, 0.1) is 13.8 Å². The number of pyridine rings is 1. The van der Waals surface area contributed by atoms with Crippen LogP contribution in [0.4, 0.5) is 0 Å². The number of aryl methyl sites for hydroxylation is 2. The summed E-state index contributed by atoms with van der Waals surface area (Å²) in [5.74, 6) is 0. The maximum atomic E-state index is 4.36. The van der Waals surface area contributed by atoms with Crippen molar-refractivity contribution >= 4 is 0 Å². The largest absolute Gasteiger partial charge is 0.258 e. The van der Waals surface area contributed by atoms with Crippen molar-refractivity contribution in [2.24, 2.45) is 0 Å². The van der Waals surface area contributed by atoms with Crippen LogP contribution in [0.5, 0.6) is 0 Å². The zero-order chi connectivity index (χ0) is 9.97. The van der Waals surface area contributed by atoms with Gasteiger partial charge in [0.2, 0.25) is 0 Å². The summed E-state index contributed by atoms with van der Waals surface area (Å²) >= 11 is 0. The summed E-state index contributed by atoms with van der Waals surface area (Å²) in [6.45, 7) is 4.05. The van der Waals surface area contributed by atoms with Crippen molar-refractivity contribution in [3.05, 3.63) is 53.9 Å². The van der Waals surface area contributed by atoms with Gasteiger partial charge in [-0.05, 0) is 37.1 Å². The topological polar surface area (TPSA) is 12.9 Å². The third-order valence-corrected chi connectivity index (χ3v) is 2.19. The first-order valence-electron chi connectivity index (χ1n) is 4.76. The standard InChI is InChI=1S/C13H13N/c1-10-8-13(9-11(2)14-10)12-6-4-3-5-7-12/h3-9H,1-2H3.